The van der Waals surface area contributed by atoms with Crippen molar-refractivity contribution in [1.29, 1.82) is 0 Å². The van der Waals surface area contributed by atoms with E-state index < -0.39 is 0 Å². The Hall–Kier alpha value is -0.0800. The minimum Gasteiger partial charge on any atom is -0.390 e. The summed E-state index contributed by atoms with van der Waals surface area (Å²) in [5.74, 6) is 1.54. The van der Waals surface area contributed by atoms with Crippen molar-refractivity contribution in [2.75, 3.05) is 0 Å². The van der Waals surface area contributed by atoms with E-state index in [-0.39, 0.29) is 11.6 Å². The van der Waals surface area contributed by atoms with Gasteiger partial charge in [-0.1, -0.05) is 0 Å². The Morgan fingerprint density at radius 1 is 1.21 bits per heavy atom. The Morgan fingerprint density at radius 3 is 2.21 bits per heavy atom. The molecule has 0 radical (unpaired) electrons. The van der Waals surface area contributed by atoms with Gasteiger partial charge in [0.1, 0.15) is 0 Å². The van der Waals surface area contributed by atoms with Crippen molar-refractivity contribution >= 4 is 0 Å². The third-order valence-electron chi connectivity index (χ3n) is 5.04. The molecule has 0 amide bonds. The summed E-state index contributed by atoms with van der Waals surface area (Å²) in [6.07, 6.45) is 7.00. The monoisotopic (exact) mass is 195 g/mol. The van der Waals surface area contributed by atoms with Crippen LogP contribution in [0.5, 0.6) is 0 Å². The van der Waals surface area contributed by atoms with E-state index in [1.54, 1.807) is 0 Å². The highest BCUT2D eigenvalue weighted by atomic mass is 16.3. The molecule has 14 heavy (non-hydrogen) atoms. The molecule has 80 valence electrons. The predicted molar refractivity (Wildman–Crippen MR) is 55.7 cm³/mol. The number of hydrogen-bond acceptors (Lipinski definition) is 2. The molecule has 4 aliphatic carbocycles. The number of rotatable bonds is 1. The Balaban J connectivity index is 1.96. The maximum absolute atomic E-state index is 10.5. The lowest BCUT2D eigenvalue weighted by molar-refractivity contribution is -0.168. The van der Waals surface area contributed by atoms with Crippen LogP contribution in [0, 0.1) is 17.3 Å². The number of aliphatic hydroxyl groups is 1. The molecule has 0 spiro atoms. The fourth-order valence-corrected chi connectivity index (χ4v) is 4.82. The molecule has 0 saturated heterocycles. The van der Waals surface area contributed by atoms with Gasteiger partial charge in [0.15, 0.2) is 0 Å². The number of hydrogen-bond donors (Lipinski definition) is 2. The summed E-state index contributed by atoms with van der Waals surface area (Å²) in [4.78, 5) is 0. The van der Waals surface area contributed by atoms with E-state index in [4.69, 9.17) is 5.73 Å². The van der Waals surface area contributed by atoms with Crippen LogP contribution in [-0.4, -0.2) is 16.7 Å². The highest BCUT2D eigenvalue weighted by molar-refractivity contribution is 5.10. The molecule has 0 heterocycles. The van der Waals surface area contributed by atoms with Crippen LogP contribution in [0.1, 0.15) is 45.4 Å². The molecule has 0 aromatic rings. The summed E-state index contributed by atoms with van der Waals surface area (Å²) in [5, 5.41) is 10.5. The second-order valence-electron chi connectivity index (χ2n) is 6.34. The average Bonchev–Trinajstić information content (AvgIpc) is 1.98. The summed E-state index contributed by atoms with van der Waals surface area (Å²) in [6, 6.07) is 0.264. The van der Waals surface area contributed by atoms with E-state index >= 15 is 0 Å². The summed E-state index contributed by atoms with van der Waals surface area (Å²) in [7, 11) is 0. The maximum Gasteiger partial charge on any atom is 0.0659 e. The molecule has 4 bridgehead atoms. The van der Waals surface area contributed by atoms with Crippen molar-refractivity contribution in [2.45, 2.75) is 57.1 Å². The molecule has 4 fully saturated rings. The van der Waals surface area contributed by atoms with Gasteiger partial charge in [-0.2, -0.15) is 0 Å². The van der Waals surface area contributed by atoms with Crippen LogP contribution in [0.2, 0.25) is 0 Å². The molecule has 3 unspecified atom stereocenters. The van der Waals surface area contributed by atoms with Gasteiger partial charge in [0, 0.05) is 6.04 Å². The quantitative estimate of drug-likeness (QED) is 0.668. The number of nitrogens with two attached hydrogens (primary N) is 1. The summed E-state index contributed by atoms with van der Waals surface area (Å²) in [5.41, 5.74) is 6.09. The zero-order valence-electron chi connectivity index (χ0n) is 9.00. The van der Waals surface area contributed by atoms with E-state index in [9.17, 15) is 5.11 Å². The third-order valence-corrected chi connectivity index (χ3v) is 5.04. The van der Waals surface area contributed by atoms with Crippen molar-refractivity contribution in [2.24, 2.45) is 23.0 Å². The maximum atomic E-state index is 10.5. The predicted octanol–water partition coefficient (Wildman–Crippen LogP) is 1.66. The van der Waals surface area contributed by atoms with Gasteiger partial charge in [0.05, 0.1) is 5.60 Å². The van der Waals surface area contributed by atoms with Crippen molar-refractivity contribution in [3.8, 4) is 0 Å². The fourth-order valence-electron chi connectivity index (χ4n) is 4.82. The first-order valence-corrected chi connectivity index (χ1v) is 5.99. The zero-order valence-corrected chi connectivity index (χ0v) is 9.00. The molecule has 0 aromatic carbocycles. The Bertz CT molecular complexity index is 247. The molecule has 4 aliphatic rings. The zero-order chi connectivity index (χ0) is 9.97. The van der Waals surface area contributed by atoms with Gasteiger partial charge in [0.2, 0.25) is 0 Å². The van der Waals surface area contributed by atoms with Gasteiger partial charge in [-0.05, 0) is 62.7 Å². The third kappa shape index (κ3) is 1.10. The lowest BCUT2D eigenvalue weighted by Gasteiger charge is -2.61. The van der Waals surface area contributed by atoms with Gasteiger partial charge in [-0.15, -0.1) is 0 Å². The van der Waals surface area contributed by atoms with Crippen molar-refractivity contribution in [3.05, 3.63) is 0 Å². The van der Waals surface area contributed by atoms with E-state index in [0.717, 1.165) is 31.1 Å². The van der Waals surface area contributed by atoms with Gasteiger partial charge >= 0.3 is 0 Å². The second kappa shape index (κ2) is 2.53. The lowest BCUT2D eigenvalue weighted by atomic mass is 9.46. The molecular weight excluding hydrogens is 174 g/mol. The topological polar surface area (TPSA) is 46.2 Å². The molecule has 0 aliphatic heterocycles. The largest absolute Gasteiger partial charge is 0.390 e. The van der Waals surface area contributed by atoms with Crippen molar-refractivity contribution in [1.82, 2.24) is 0 Å². The molecule has 3 N–H and O–H groups in total. The minimum absolute atomic E-state index is 0.264. The molecule has 0 aromatic heterocycles. The SMILES string of the molecule is CC(N)C12C[C@@H]3C[C@@H](CC(O)(C3)C1)C2. The fraction of sp³-hybridized carbons (Fsp3) is 1.00. The molecule has 2 heteroatoms. The lowest BCUT2D eigenvalue weighted by Crippen LogP contribution is -2.60. The van der Waals surface area contributed by atoms with Crippen LogP contribution in [0.3, 0.4) is 0 Å². The average molecular weight is 195 g/mol. The van der Waals surface area contributed by atoms with E-state index in [2.05, 4.69) is 6.92 Å². The highest BCUT2D eigenvalue weighted by Gasteiger charge is 2.58. The summed E-state index contributed by atoms with van der Waals surface area (Å²) < 4.78 is 0. The van der Waals surface area contributed by atoms with Crippen molar-refractivity contribution < 1.29 is 5.11 Å². The van der Waals surface area contributed by atoms with Crippen LogP contribution in [0.15, 0.2) is 0 Å². The summed E-state index contributed by atoms with van der Waals surface area (Å²) >= 11 is 0. The molecule has 2 nitrogen and oxygen atoms in total. The molecule has 5 atom stereocenters. The second-order valence-corrected chi connectivity index (χ2v) is 6.34. The van der Waals surface area contributed by atoms with Gasteiger partial charge in [0.25, 0.3) is 0 Å². The first kappa shape index (κ1) is 9.17. The minimum atomic E-state index is -0.336. The van der Waals surface area contributed by atoms with Gasteiger partial charge < -0.3 is 10.8 Å². The standard InChI is InChI=1S/C12H21NO/c1-8(13)11-3-9-2-10(4-11)6-12(14,5-9)7-11/h8-10,14H,2-7,13H2,1H3/t8?,9-,10+,11?,12?. The Kier molecular flexibility index (Phi) is 1.66. The molecule has 4 saturated carbocycles. The van der Waals surface area contributed by atoms with Crippen LogP contribution in [0.4, 0.5) is 0 Å². The van der Waals surface area contributed by atoms with E-state index in [1.807, 2.05) is 0 Å². The normalized spacial score (nSPS) is 57.6. The summed E-state index contributed by atoms with van der Waals surface area (Å²) in [6.45, 7) is 2.14. The highest BCUT2D eigenvalue weighted by Crippen LogP contribution is 2.62. The van der Waals surface area contributed by atoms with E-state index in [0.29, 0.717) is 5.41 Å². The smallest absolute Gasteiger partial charge is 0.0659 e. The van der Waals surface area contributed by atoms with Crippen molar-refractivity contribution in [3.63, 3.8) is 0 Å². The Labute approximate surface area is 85.9 Å². The van der Waals surface area contributed by atoms with Crippen LogP contribution in [-0.2, 0) is 0 Å². The first-order valence-electron chi connectivity index (χ1n) is 5.99. The van der Waals surface area contributed by atoms with Crippen LogP contribution >= 0.6 is 0 Å². The van der Waals surface area contributed by atoms with Crippen LogP contribution in [0.25, 0.3) is 0 Å². The van der Waals surface area contributed by atoms with Gasteiger partial charge in [-0.3, -0.25) is 0 Å². The van der Waals surface area contributed by atoms with Gasteiger partial charge in [-0.25, -0.2) is 0 Å². The first-order chi connectivity index (χ1) is 6.51. The van der Waals surface area contributed by atoms with E-state index in [1.165, 1.54) is 19.3 Å². The Morgan fingerprint density at radius 2 is 1.79 bits per heavy atom. The molecular formula is C12H21NO. The molecule has 4 rings (SSSR count). The van der Waals surface area contributed by atoms with Crippen LogP contribution < -0.4 is 5.73 Å².